The van der Waals surface area contributed by atoms with E-state index in [0.717, 1.165) is 35.7 Å². The maximum Gasteiger partial charge on any atom is 0.326 e. The third kappa shape index (κ3) is 4.10. The first-order chi connectivity index (χ1) is 14.6. The maximum absolute atomic E-state index is 13.2. The zero-order chi connectivity index (χ0) is 21.1. The number of carbonyl (C=O) groups excluding carboxylic acids is 1. The molecule has 1 aromatic heterocycles. The first-order valence-corrected chi connectivity index (χ1v) is 11.0. The van der Waals surface area contributed by atoms with Crippen molar-refractivity contribution in [2.45, 2.75) is 37.6 Å². The van der Waals surface area contributed by atoms with Gasteiger partial charge in [-0.2, -0.15) is 12.6 Å². The van der Waals surface area contributed by atoms with Crippen LogP contribution in [0, 0.1) is 5.92 Å². The van der Waals surface area contributed by atoms with Gasteiger partial charge in [0, 0.05) is 29.3 Å². The molecule has 3 atom stereocenters. The Kier molecular flexibility index (Phi) is 6.13. The zero-order valence-electron chi connectivity index (χ0n) is 16.7. The third-order valence-corrected chi connectivity index (χ3v) is 6.54. The fraction of sp³-hybridized carbons (Fsp3) is 0.333. The van der Waals surface area contributed by atoms with Crippen molar-refractivity contribution >= 4 is 35.4 Å². The van der Waals surface area contributed by atoms with Crippen molar-refractivity contribution in [2.24, 2.45) is 5.92 Å². The Labute approximate surface area is 181 Å². The van der Waals surface area contributed by atoms with Gasteiger partial charge in [-0.1, -0.05) is 42.5 Å². The number of rotatable bonds is 7. The molecule has 3 aromatic rings. The molecule has 30 heavy (non-hydrogen) atoms. The van der Waals surface area contributed by atoms with Crippen LogP contribution in [0.15, 0.2) is 54.7 Å². The van der Waals surface area contributed by atoms with Crippen LogP contribution in [0.1, 0.15) is 35.4 Å². The summed E-state index contributed by atoms with van der Waals surface area (Å²) in [5.41, 5.74) is 4.31. The Morgan fingerprint density at radius 1 is 1.17 bits per heavy atom. The third-order valence-electron chi connectivity index (χ3n) is 6.15. The second kappa shape index (κ2) is 8.96. The molecular formula is C24H26N2O3S. The molecule has 0 fully saturated rings. The van der Waals surface area contributed by atoms with Crippen molar-refractivity contribution in [3.63, 3.8) is 0 Å². The Morgan fingerprint density at radius 3 is 2.73 bits per heavy atom. The highest BCUT2D eigenvalue weighted by atomic mass is 32.1. The van der Waals surface area contributed by atoms with Gasteiger partial charge in [-0.25, -0.2) is 4.79 Å². The highest BCUT2D eigenvalue weighted by Gasteiger charge is 2.34. The molecule has 1 aliphatic carbocycles. The highest BCUT2D eigenvalue weighted by molar-refractivity contribution is 7.80. The molecule has 0 unspecified atom stereocenters. The summed E-state index contributed by atoms with van der Waals surface area (Å²) in [5, 5.41) is 13.5. The standard InChI is InChI=1S/C24H26N2O3S/c27-23(20(14-30)19-10-5-7-15-6-1-2-8-17(15)19)26-22(24(28)29)12-16-13-25-21-11-4-3-9-18(16)21/h1-4,6,8-9,11,13,19-20,22,25,30H,5,7,10,12,14H2,(H,26,27)(H,28,29)/t19-,20-,22-/m0/s1. The van der Waals surface area contributed by atoms with Gasteiger partial charge in [-0.3, -0.25) is 4.79 Å². The predicted octanol–water partition coefficient (Wildman–Crippen LogP) is 3.95. The largest absolute Gasteiger partial charge is 0.480 e. The lowest BCUT2D eigenvalue weighted by molar-refractivity contribution is -0.142. The van der Waals surface area contributed by atoms with E-state index < -0.39 is 12.0 Å². The molecule has 1 heterocycles. The molecule has 0 radical (unpaired) electrons. The van der Waals surface area contributed by atoms with Gasteiger partial charge in [0.2, 0.25) is 5.91 Å². The highest BCUT2D eigenvalue weighted by Crippen LogP contribution is 2.37. The number of amides is 1. The van der Waals surface area contributed by atoms with Gasteiger partial charge in [-0.15, -0.1) is 0 Å². The van der Waals surface area contributed by atoms with E-state index in [1.165, 1.54) is 11.1 Å². The second-order valence-corrected chi connectivity index (χ2v) is 8.31. The van der Waals surface area contributed by atoms with Crippen LogP contribution in [0.2, 0.25) is 0 Å². The minimum atomic E-state index is -1.03. The Morgan fingerprint density at radius 2 is 1.93 bits per heavy atom. The summed E-state index contributed by atoms with van der Waals surface area (Å²) in [7, 11) is 0. The predicted molar refractivity (Wildman–Crippen MR) is 121 cm³/mol. The molecule has 6 heteroatoms. The molecule has 1 amide bonds. The van der Waals surface area contributed by atoms with Crippen LogP contribution in [0.5, 0.6) is 0 Å². The lowest BCUT2D eigenvalue weighted by atomic mass is 9.76. The van der Waals surface area contributed by atoms with Gasteiger partial charge >= 0.3 is 5.97 Å². The number of thiol groups is 1. The number of aromatic nitrogens is 1. The molecule has 156 valence electrons. The number of H-pyrrole nitrogens is 1. The van der Waals surface area contributed by atoms with E-state index in [1.54, 1.807) is 0 Å². The van der Waals surface area contributed by atoms with Crippen LogP contribution in [0.4, 0.5) is 0 Å². The number of aryl methyl sites for hydroxylation is 1. The van der Waals surface area contributed by atoms with E-state index in [-0.39, 0.29) is 24.2 Å². The number of carboxylic acids is 1. The Balaban J connectivity index is 1.53. The second-order valence-electron chi connectivity index (χ2n) is 7.95. The molecule has 5 nitrogen and oxygen atoms in total. The summed E-state index contributed by atoms with van der Waals surface area (Å²) in [4.78, 5) is 28.3. The normalized spacial score (nSPS) is 17.8. The molecule has 2 aromatic carbocycles. The number of nitrogens with one attached hydrogen (secondary N) is 2. The van der Waals surface area contributed by atoms with Crippen LogP contribution in [-0.2, 0) is 22.4 Å². The molecular weight excluding hydrogens is 396 g/mol. The van der Waals surface area contributed by atoms with Gasteiger partial charge in [0.05, 0.1) is 5.92 Å². The van der Waals surface area contributed by atoms with Crippen molar-refractivity contribution in [1.82, 2.24) is 10.3 Å². The van der Waals surface area contributed by atoms with Crippen LogP contribution in [-0.4, -0.2) is 33.8 Å². The van der Waals surface area contributed by atoms with Crippen molar-refractivity contribution in [3.05, 3.63) is 71.4 Å². The van der Waals surface area contributed by atoms with Gasteiger partial charge in [0.25, 0.3) is 0 Å². The van der Waals surface area contributed by atoms with Crippen LogP contribution < -0.4 is 5.32 Å². The first kappa shape index (κ1) is 20.5. The number of hydrogen-bond donors (Lipinski definition) is 4. The van der Waals surface area contributed by atoms with Crippen LogP contribution in [0.3, 0.4) is 0 Å². The van der Waals surface area contributed by atoms with Gasteiger partial charge in [-0.05, 0) is 47.9 Å². The Hall–Kier alpha value is -2.73. The van der Waals surface area contributed by atoms with E-state index in [9.17, 15) is 14.7 Å². The smallest absolute Gasteiger partial charge is 0.326 e. The number of aliphatic carboxylic acids is 1. The number of aromatic amines is 1. The van der Waals surface area contributed by atoms with E-state index in [4.69, 9.17) is 0 Å². The van der Waals surface area contributed by atoms with Crippen molar-refractivity contribution in [2.75, 3.05) is 5.75 Å². The number of para-hydroxylation sites is 1. The lowest BCUT2D eigenvalue weighted by Gasteiger charge is -2.31. The SMILES string of the molecule is O=C(O)[C@H](Cc1c[nH]c2ccccc12)NC(=O)[C@@H](CS)[C@H]1CCCc2ccccc21. The molecule has 0 bridgehead atoms. The van der Waals surface area contributed by atoms with Crippen molar-refractivity contribution in [3.8, 4) is 0 Å². The molecule has 3 N–H and O–H groups in total. The fourth-order valence-electron chi connectivity index (χ4n) is 4.60. The summed E-state index contributed by atoms with van der Waals surface area (Å²) >= 11 is 4.46. The summed E-state index contributed by atoms with van der Waals surface area (Å²) in [6, 6.07) is 15.0. The molecule has 0 saturated heterocycles. The van der Waals surface area contributed by atoms with Crippen LogP contribution in [0.25, 0.3) is 10.9 Å². The maximum atomic E-state index is 13.2. The van der Waals surface area contributed by atoms with Gasteiger partial charge in [0.15, 0.2) is 0 Å². The van der Waals surface area contributed by atoms with Gasteiger partial charge < -0.3 is 15.4 Å². The van der Waals surface area contributed by atoms with Gasteiger partial charge in [0.1, 0.15) is 6.04 Å². The van der Waals surface area contributed by atoms with Crippen molar-refractivity contribution in [1.29, 1.82) is 0 Å². The molecule has 0 spiro atoms. The summed E-state index contributed by atoms with van der Waals surface area (Å²) in [5.74, 6) is -1.19. The monoisotopic (exact) mass is 422 g/mol. The summed E-state index contributed by atoms with van der Waals surface area (Å²) in [6.07, 6.45) is 5.00. The number of carboxylic acid groups (broad SMARTS) is 1. The first-order valence-electron chi connectivity index (χ1n) is 10.4. The Bertz CT molecular complexity index is 1060. The molecule has 4 rings (SSSR count). The van der Waals surface area contributed by atoms with Crippen LogP contribution >= 0.6 is 12.6 Å². The summed E-state index contributed by atoms with van der Waals surface area (Å²) in [6.45, 7) is 0. The quantitative estimate of drug-likeness (QED) is 0.435. The molecule has 1 aliphatic rings. The average Bonchev–Trinajstić information content (AvgIpc) is 3.17. The zero-order valence-corrected chi connectivity index (χ0v) is 17.6. The lowest BCUT2D eigenvalue weighted by Crippen LogP contribution is -2.46. The van der Waals surface area contributed by atoms with E-state index in [0.29, 0.717) is 5.75 Å². The van der Waals surface area contributed by atoms with E-state index >= 15 is 0 Å². The molecule has 0 aliphatic heterocycles. The fourth-order valence-corrected chi connectivity index (χ4v) is 5.02. The number of benzene rings is 2. The number of carbonyl (C=O) groups is 2. The minimum absolute atomic E-state index is 0.0648. The number of fused-ring (bicyclic) bond motifs is 2. The van der Waals surface area contributed by atoms with E-state index in [1.807, 2.05) is 42.6 Å². The number of hydrogen-bond acceptors (Lipinski definition) is 3. The molecule has 0 saturated carbocycles. The average molecular weight is 423 g/mol. The minimum Gasteiger partial charge on any atom is -0.480 e. The summed E-state index contributed by atoms with van der Waals surface area (Å²) < 4.78 is 0. The van der Waals surface area contributed by atoms with Crippen molar-refractivity contribution < 1.29 is 14.7 Å². The van der Waals surface area contributed by atoms with E-state index in [2.05, 4.69) is 35.1 Å². The topological polar surface area (TPSA) is 82.2 Å².